The van der Waals surface area contributed by atoms with Crippen LogP contribution in [0.25, 0.3) is 0 Å². The van der Waals surface area contributed by atoms with Gasteiger partial charge in [0.05, 0.1) is 0 Å². The van der Waals surface area contributed by atoms with E-state index in [4.69, 9.17) is 30.0 Å². The maximum absolute atomic E-state index is 9.45. The molecule has 8 nitrogen and oxygen atoms in total. The third kappa shape index (κ3) is 37.1. The number of hydrogen-bond donors (Lipinski definition) is 5. The number of carbonyl (C=O) groups is 3. The van der Waals surface area contributed by atoms with Crippen molar-refractivity contribution in [3.8, 4) is 0 Å². The molecule has 0 aromatic carbocycles. The van der Waals surface area contributed by atoms with Gasteiger partial charge in [-0.3, -0.25) is 0 Å². The van der Waals surface area contributed by atoms with Crippen molar-refractivity contribution in [2.24, 2.45) is 0 Å². The fourth-order valence-corrected chi connectivity index (χ4v) is 0. The summed E-state index contributed by atoms with van der Waals surface area (Å²) in [4.78, 5) is 27.6. The first-order chi connectivity index (χ1) is 5.29. The van der Waals surface area contributed by atoms with Gasteiger partial charge < -0.3 is 39.0 Å². The van der Waals surface area contributed by atoms with Crippen molar-refractivity contribution in [2.45, 2.75) is 13.0 Å². The van der Waals surface area contributed by atoms with E-state index in [1.165, 1.54) is 6.92 Å². The SMILES string of the molecule is CC(O)C(=O)O.Cl.N.O=C(O)C(=O)O.[Cl-].[Na+]. The van der Waals surface area contributed by atoms with Crippen LogP contribution in [-0.4, -0.2) is 44.4 Å². The molecule has 0 saturated heterocycles. The van der Waals surface area contributed by atoms with Crippen molar-refractivity contribution in [1.82, 2.24) is 6.15 Å². The Balaban J connectivity index is -0.0000000250. The van der Waals surface area contributed by atoms with Crippen LogP contribution in [-0.2, 0) is 14.4 Å². The Morgan fingerprint density at radius 3 is 1.12 bits per heavy atom. The first kappa shape index (κ1) is 36.0. The molecule has 0 aliphatic heterocycles. The van der Waals surface area contributed by atoms with Gasteiger partial charge in [-0.1, -0.05) is 0 Å². The van der Waals surface area contributed by atoms with Gasteiger partial charge in [0.2, 0.25) is 0 Å². The Bertz CT molecular complexity index is 189. The van der Waals surface area contributed by atoms with Crippen molar-refractivity contribution >= 4 is 30.3 Å². The number of aliphatic hydroxyl groups excluding tert-OH is 1. The van der Waals surface area contributed by atoms with Crippen LogP contribution in [0.1, 0.15) is 6.92 Å². The smallest absolute Gasteiger partial charge is 1.00 e. The minimum Gasteiger partial charge on any atom is -1.00 e. The molecular formula is C5H12Cl2NNaO7. The summed E-state index contributed by atoms with van der Waals surface area (Å²) in [7, 11) is 0. The van der Waals surface area contributed by atoms with E-state index < -0.39 is 24.0 Å². The Morgan fingerprint density at radius 2 is 1.12 bits per heavy atom. The van der Waals surface area contributed by atoms with Gasteiger partial charge in [0.15, 0.2) is 0 Å². The van der Waals surface area contributed by atoms with Gasteiger partial charge >= 0.3 is 47.5 Å². The molecule has 0 spiro atoms. The van der Waals surface area contributed by atoms with Crippen molar-refractivity contribution in [3.63, 3.8) is 0 Å². The first-order valence-corrected chi connectivity index (χ1v) is 2.66. The minimum absolute atomic E-state index is 0. The molecule has 0 heterocycles. The zero-order valence-corrected chi connectivity index (χ0v) is 12.2. The molecule has 7 N–H and O–H groups in total. The second kappa shape index (κ2) is 20.3. The predicted octanol–water partition coefficient (Wildman–Crippen LogP) is -6.80. The van der Waals surface area contributed by atoms with Gasteiger partial charge in [-0.15, -0.1) is 12.4 Å². The van der Waals surface area contributed by atoms with E-state index in [1.807, 2.05) is 0 Å². The van der Waals surface area contributed by atoms with Crippen LogP contribution in [0.15, 0.2) is 0 Å². The molecule has 0 aliphatic carbocycles. The third-order valence-electron chi connectivity index (χ3n) is 0.540. The van der Waals surface area contributed by atoms with E-state index >= 15 is 0 Å². The van der Waals surface area contributed by atoms with Crippen LogP contribution < -0.4 is 48.1 Å². The number of carboxylic acid groups (broad SMARTS) is 3. The molecule has 0 aliphatic rings. The van der Waals surface area contributed by atoms with E-state index in [-0.39, 0.29) is 60.5 Å². The van der Waals surface area contributed by atoms with E-state index in [1.54, 1.807) is 0 Å². The molecule has 0 radical (unpaired) electrons. The number of aliphatic carboxylic acids is 3. The zero-order valence-electron chi connectivity index (χ0n) is 8.58. The molecule has 0 fully saturated rings. The molecule has 16 heavy (non-hydrogen) atoms. The van der Waals surface area contributed by atoms with Crippen LogP contribution in [0, 0.1) is 0 Å². The number of halogens is 2. The summed E-state index contributed by atoms with van der Waals surface area (Å²) < 4.78 is 0. The average Bonchev–Trinajstić information content (AvgIpc) is 1.88. The second-order valence-corrected chi connectivity index (χ2v) is 1.62. The Hall–Kier alpha value is -0.0900. The summed E-state index contributed by atoms with van der Waals surface area (Å²) in [6.07, 6.45) is -1.23. The normalized spacial score (nSPS) is 7.88. The number of hydrogen-bond acceptors (Lipinski definition) is 5. The summed E-state index contributed by atoms with van der Waals surface area (Å²) in [5, 5.41) is 30.6. The van der Waals surface area contributed by atoms with Crippen molar-refractivity contribution in [1.29, 1.82) is 0 Å². The quantitative estimate of drug-likeness (QED) is 0.235. The van der Waals surface area contributed by atoms with Crippen molar-refractivity contribution in [3.05, 3.63) is 0 Å². The van der Waals surface area contributed by atoms with Crippen LogP contribution in [0.4, 0.5) is 0 Å². The largest absolute Gasteiger partial charge is 1.00 e. The maximum Gasteiger partial charge on any atom is 1.00 e. The van der Waals surface area contributed by atoms with Crippen LogP contribution in [0.5, 0.6) is 0 Å². The fraction of sp³-hybridized carbons (Fsp3) is 0.400. The number of aliphatic hydroxyl groups is 1. The topological polar surface area (TPSA) is 167 Å². The third-order valence-corrected chi connectivity index (χ3v) is 0.540. The molecule has 94 valence electrons. The monoisotopic (exact) mass is 291 g/mol. The Kier molecular flexibility index (Phi) is 45.8. The molecular weight excluding hydrogens is 280 g/mol. The van der Waals surface area contributed by atoms with Gasteiger partial charge in [0.1, 0.15) is 6.10 Å². The van der Waals surface area contributed by atoms with Crippen LogP contribution in [0.2, 0.25) is 0 Å². The summed E-state index contributed by atoms with van der Waals surface area (Å²) in [6.45, 7) is 1.20. The van der Waals surface area contributed by atoms with E-state index in [0.29, 0.717) is 0 Å². The number of rotatable bonds is 1. The minimum atomic E-state index is -1.82. The van der Waals surface area contributed by atoms with Crippen LogP contribution in [0.3, 0.4) is 0 Å². The maximum atomic E-state index is 9.45. The standard InChI is InChI=1S/C3H6O3.C2H2O4.2ClH.H3N.Na/c1-2(4)3(5)6;3-1(4)2(5)6;;;;/h2,4H,1H3,(H,5,6);(H,3,4)(H,5,6);2*1H;1H3;/q;;;;;+1/p-1. The van der Waals surface area contributed by atoms with Gasteiger partial charge in [0, 0.05) is 0 Å². The van der Waals surface area contributed by atoms with E-state index in [0.717, 1.165) is 0 Å². The summed E-state index contributed by atoms with van der Waals surface area (Å²) in [6, 6.07) is 0. The zero-order chi connectivity index (χ0) is 10.3. The molecule has 1 atom stereocenters. The first-order valence-electron chi connectivity index (χ1n) is 2.66. The van der Waals surface area contributed by atoms with Gasteiger partial charge in [0.25, 0.3) is 0 Å². The van der Waals surface area contributed by atoms with E-state index in [9.17, 15) is 4.79 Å². The Morgan fingerprint density at radius 1 is 1.00 bits per heavy atom. The second-order valence-electron chi connectivity index (χ2n) is 1.62. The fourth-order valence-electron chi connectivity index (χ4n) is 0. The van der Waals surface area contributed by atoms with Gasteiger partial charge in [-0.05, 0) is 6.92 Å². The summed E-state index contributed by atoms with van der Waals surface area (Å²) in [5.41, 5.74) is 0. The molecule has 0 aromatic rings. The van der Waals surface area contributed by atoms with Crippen molar-refractivity contribution in [2.75, 3.05) is 0 Å². The molecule has 0 aromatic heterocycles. The average molecular weight is 292 g/mol. The summed E-state index contributed by atoms with van der Waals surface area (Å²) in [5.74, 6) is -4.83. The molecule has 11 heteroatoms. The molecule has 0 bridgehead atoms. The van der Waals surface area contributed by atoms with Crippen LogP contribution >= 0.6 is 12.4 Å². The summed E-state index contributed by atoms with van der Waals surface area (Å²) >= 11 is 0. The molecule has 1 unspecified atom stereocenters. The van der Waals surface area contributed by atoms with E-state index in [2.05, 4.69) is 0 Å². The molecule has 0 rings (SSSR count). The molecule has 0 amide bonds. The van der Waals surface area contributed by atoms with Gasteiger partial charge in [-0.25, -0.2) is 14.4 Å². The van der Waals surface area contributed by atoms with Gasteiger partial charge in [-0.2, -0.15) is 0 Å². The number of carboxylic acids is 3. The predicted molar refractivity (Wildman–Crippen MR) is 46.9 cm³/mol. The molecule has 0 saturated carbocycles. The van der Waals surface area contributed by atoms with Crippen molar-refractivity contribution < 1.29 is 76.8 Å². The Labute approximate surface area is 126 Å².